The number of carboxylic acid groups (broad SMARTS) is 2. The molecule has 0 aromatic heterocycles. The van der Waals surface area contributed by atoms with Gasteiger partial charge in [-0.15, -0.1) is 0 Å². The fraction of sp³-hybridized carbons (Fsp3) is 0.375. The molecule has 0 radical (unpaired) electrons. The Hall–Kier alpha value is -3.27. The molecule has 0 saturated carbocycles. The van der Waals surface area contributed by atoms with Crippen molar-refractivity contribution in [3.63, 3.8) is 0 Å². The third-order valence-electron chi connectivity index (χ3n) is 4.71. The first-order valence-corrected chi connectivity index (χ1v) is 10.6. The minimum absolute atomic E-state index is 0.102. The fourth-order valence-electron chi connectivity index (χ4n) is 3.07. The SMILES string of the molecule is O=C(O)CN(CCOCc1ccccc1)CCN(CC(=O)O)CC(=O)OCc1ccccc1. The number of carbonyl (C=O) groups is 3. The van der Waals surface area contributed by atoms with E-state index in [1.54, 1.807) is 4.90 Å². The Kier molecular flexibility index (Phi) is 11.6. The van der Waals surface area contributed by atoms with Crippen LogP contribution in [-0.4, -0.2) is 83.8 Å². The Morgan fingerprint density at radius 3 is 1.76 bits per heavy atom. The Labute approximate surface area is 193 Å². The normalized spacial score (nSPS) is 11.0. The van der Waals surface area contributed by atoms with Gasteiger partial charge in [0, 0.05) is 19.6 Å². The number of aliphatic carboxylic acids is 2. The molecule has 0 aliphatic rings. The lowest BCUT2D eigenvalue weighted by atomic mass is 10.2. The lowest BCUT2D eigenvalue weighted by Crippen LogP contribution is -2.43. The number of esters is 1. The van der Waals surface area contributed by atoms with Crippen molar-refractivity contribution in [2.75, 3.05) is 45.9 Å². The van der Waals surface area contributed by atoms with Gasteiger partial charge >= 0.3 is 17.9 Å². The Morgan fingerprint density at radius 2 is 1.18 bits per heavy atom. The van der Waals surface area contributed by atoms with E-state index in [9.17, 15) is 24.6 Å². The summed E-state index contributed by atoms with van der Waals surface area (Å²) in [6.45, 7) is 0.882. The summed E-state index contributed by atoms with van der Waals surface area (Å²) in [4.78, 5) is 37.7. The molecule has 9 nitrogen and oxygen atoms in total. The highest BCUT2D eigenvalue weighted by molar-refractivity contribution is 5.74. The largest absolute Gasteiger partial charge is 0.480 e. The first-order valence-electron chi connectivity index (χ1n) is 10.6. The van der Waals surface area contributed by atoms with Crippen molar-refractivity contribution in [2.24, 2.45) is 0 Å². The number of hydrogen-bond donors (Lipinski definition) is 2. The monoisotopic (exact) mass is 458 g/mol. The number of hydrogen-bond acceptors (Lipinski definition) is 7. The van der Waals surface area contributed by atoms with Crippen molar-refractivity contribution in [3.05, 3.63) is 71.8 Å². The van der Waals surface area contributed by atoms with Gasteiger partial charge in [0.2, 0.25) is 0 Å². The predicted molar refractivity (Wildman–Crippen MR) is 120 cm³/mol. The molecule has 2 N–H and O–H groups in total. The van der Waals surface area contributed by atoms with Crippen LogP contribution in [0.5, 0.6) is 0 Å². The van der Waals surface area contributed by atoms with Crippen molar-refractivity contribution in [1.29, 1.82) is 0 Å². The maximum absolute atomic E-state index is 12.2. The van der Waals surface area contributed by atoms with E-state index in [1.807, 2.05) is 60.7 Å². The van der Waals surface area contributed by atoms with Gasteiger partial charge in [-0.1, -0.05) is 60.7 Å². The number of nitrogens with zero attached hydrogens (tertiary/aromatic N) is 2. The number of carboxylic acids is 2. The van der Waals surface area contributed by atoms with E-state index in [4.69, 9.17) is 9.47 Å². The molecular formula is C24H30N2O7. The summed E-state index contributed by atoms with van der Waals surface area (Å²) in [6.07, 6.45) is 0. The smallest absolute Gasteiger partial charge is 0.320 e. The van der Waals surface area contributed by atoms with Crippen molar-refractivity contribution in [2.45, 2.75) is 13.2 Å². The molecule has 2 rings (SSSR count). The zero-order valence-corrected chi connectivity index (χ0v) is 18.5. The molecule has 0 spiro atoms. The molecule has 0 bridgehead atoms. The summed E-state index contributed by atoms with van der Waals surface area (Å²) in [5, 5.41) is 18.4. The average Bonchev–Trinajstić information content (AvgIpc) is 2.79. The second kappa shape index (κ2) is 14.7. The van der Waals surface area contributed by atoms with E-state index in [-0.39, 0.29) is 39.3 Å². The summed E-state index contributed by atoms with van der Waals surface area (Å²) < 4.78 is 10.9. The molecule has 0 saturated heterocycles. The van der Waals surface area contributed by atoms with Crippen LogP contribution in [0.15, 0.2) is 60.7 Å². The Morgan fingerprint density at radius 1 is 0.667 bits per heavy atom. The number of rotatable bonds is 16. The molecule has 9 heteroatoms. The molecule has 0 amide bonds. The summed E-state index contributed by atoms with van der Waals surface area (Å²) in [7, 11) is 0. The van der Waals surface area contributed by atoms with Gasteiger partial charge in [-0.3, -0.25) is 24.2 Å². The van der Waals surface area contributed by atoms with E-state index in [0.717, 1.165) is 11.1 Å². The fourth-order valence-corrected chi connectivity index (χ4v) is 3.07. The summed E-state index contributed by atoms with van der Waals surface area (Å²) in [5.41, 5.74) is 1.85. The third kappa shape index (κ3) is 11.8. The highest BCUT2D eigenvalue weighted by atomic mass is 16.5. The predicted octanol–water partition coefficient (Wildman–Crippen LogP) is 1.72. The van der Waals surface area contributed by atoms with Crippen molar-refractivity contribution >= 4 is 17.9 Å². The van der Waals surface area contributed by atoms with E-state index >= 15 is 0 Å². The van der Waals surface area contributed by atoms with Crippen LogP contribution in [0.25, 0.3) is 0 Å². The first-order chi connectivity index (χ1) is 15.9. The molecule has 0 aliphatic heterocycles. The second-order valence-electron chi connectivity index (χ2n) is 7.46. The van der Waals surface area contributed by atoms with Gasteiger partial charge in [-0.2, -0.15) is 0 Å². The van der Waals surface area contributed by atoms with Gasteiger partial charge in [0.1, 0.15) is 6.61 Å². The molecule has 178 valence electrons. The van der Waals surface area contributed by atoms with Crippen molar-refractivity contribution < 1.29 is 34.1 Å². The first kappa shape index (κ1) is 26.0. The van der Waals surface area contributed by atoms with Crippen LogP contribution >= 0.6 is 0 Å². The quantitative estimate of drug-likeness (QED) is 0.286. The van der Waals surface area contributed by atoms with Crippen LogP contribution < -0.4 is 0 Å². The van der Waals surface area contributed by atoms with E-state index < -0.39 is 17.9 Å². The molecular weight excluding hydrogens is 428 g/mol. The lowest BCUT2D eigenvalue weighted by molar-refractivity contribution is -0.148. The van der Waals surface area contributed by atoms with Gasteiger partial charge in [-0.05, 0) is 11.1 Å². The van der Waals surface area contributed by atoms with Gasteiger partial charge in [0.15, 0.2) is 0 Å². The highest BCUT2D eigenvalue weighted by Crippen LogP contribution is 2.03. The lowest BCUT2D eigenvalue weighted by Gasteiger charge is -2.25. The minimum atomic E-state index is -1.08. The number of ether oxygens (including phenoxy) is 2. The van der Waals surface area contributed by atoms with Gasteiger partial charge in [0.25, 0.3) is 0 Å². The van der Waals surface area contributed by atoms with E-state index in [0.29, 0.717) is 19.8 Å². The molecule has 2 aromatic rings. The summed E-state index contributed by atoms with van der Waals surface area (Å²) >= 11 is 0. The standard InChI is InChI=1S/C24H30N2O7/c27-22(28)15-25(13-14-32-18-20-7-3-1-4-8-20)11-12-26(16-23(29)30)17-24(31)33-19-21-9-5-2-6-10-21/h1-10H,11-19H2,(H,27,28)(H,29,30). The zero-order valence-electron chi connectivity index (χ0n) is 18.5. The molecule has 0 atom stereocenters. The highest BCUT2D eigenvalue weighted by Gasteiger charge is 2.18. The minimum Gasteiger partial charge on any atom is -0.480 e. The molecule has 0 fully saturated rings. The molecule has 0 unspecified atom stereocenters. The van der Waals surface area contributed by atoms with Gasteiger partial charge in [0.05, 0.1) is 32.8 Å². The van der Waals surface area contributed by atoms with Crippen LogP contribution in [0.2, 0.25) is 0 Å². The van der Waals surface area contributed by atoms with Gasteiger partial charge in [-0.25, -0.2) is 0 Å². The van der Waals surface area contributed by atoms with Crippen LogP contribution in [0, 0.1) is 0 Å². The second-order valence-corrected chi connectivity index (χ2v) is 7.46. The summed E-state index contributed by atoms with van der Waals surface area (Å²) in [5.74, 6) is -2.62. The summed E-state index contributed by atoms with van der Waals surface area (Å²) in [6, 6.07) is 18.8. The maximum atomic E-state index is 12.2. The van der Waals surface area contributed by atoms with Crippen LogP contribution in [0.3, 0.4) is 0 Å². The topological polar surface area (TPSA) is 117 Å². The average molecular weight is 459 g/mol. The van der Waals surface area contributed by atoms with E-state index in [2.05, 4.69) is 0 Å². The van der Waals surface area contributed by atoms with Gasteiger partial charge < -0.3 is 19.7 Å². The van der Waals surface area contributed by atoms with Crippen LogP contribution in [0.4, 0.5) is 0 Å². The maximum Gasteiger partial charge on any atom is 0.320 e. The molecule has 2 aromatic carbocycles. The van der Waals surface area contributed by atoms with Crippen molar-refractivity contribution in [3.8, 4) is 0 Å². The molecule has 0 aliphatic carbocycles. The van der Waals surface area contributed by atoms with Crippen LogP contribution in [-0.2, 0) is 37.1 Å². The number of benzene rings is 2. The van der Waals surface area contributed by atoms with E-state index in [1.165, 1.54) is 4.90 Å². The Bertz CT molecular complexity index is 862. The van der Waals surface area contributed by atoms with Crippen molar-refractivity contribution in [1.82, 2.24) is 9.80 Å². The molecule has 33 heavy (non-hydrogen) atoms. The Balaban J connectivity index is 1.80. The zero-order chi connectivity index (χ0) is 23.9. The number of carbonyl (C=O) groups excluding carboxylic acids is 1. The molecule has 0 heterocycles. The van der Waals surface area contributed by atoms with Crippen LogP contribution in [0.1, 0.15) is 11.1 Å². The third-order valence-corrected chi connectivity index (χ3v) is 4.71.